The molecule has 1 aromatic heterocycles. The number of anilines is 1. The van der Waals surface area contributed by atoms with Gasteiger partial charge in [-0.05, 0) is 62.1 Å². The van der Waals surface area contributed by atoms with E-state index in [9.17, 15) is 4.79 Å². The molecule has 1 aliphatic carbocycles. The van der Waals surface area contributed by atoms with Crippen LogP contribution in [0.2, 0.25) is 0 Å². The van der Waals surface area contributed by atoms with E-state index in [1.807, 2.05) is 17.3 Å². The summed E-state index contributed by atoms with van der Waals surface area (Å²) in [5.41, 5.74) is 1.13. The summed E-state index contributed by atoms with van der Waals surface area (Å²) in [6.45, 7) is 10.2. The zero-order valence-corrected chi connectivity index (χ0v) is 17.8. The summed E-state index contributed by atoms with van der Waals surface area (Å²) in [5, 5.41) is 3.26. The minimum atomic E-state index is -0.0176. The zero-order valence-electron chi connectivity index (χ0n) is 17.8. The highest BCUT2D eigenvalue weighted by Gasteiger charge is 2.31. The van der Waals surface area contributed by atoms with E-state index in [4.69, 9.17) is 4.74 Å². The highest BCUT2D eigenvalue weighted by atomic mass is 16.5. The van der Waals surface area contributed by atoms with Crippen molar-refractivity contribution < 1.29 is 9.53 Å². The third-order valence-electron chi connectivity index (χ3n) is 6.44. The minimum Gasteiger partial charge on any atom is -0.365 e. The van der Waals surface area contributed by atoms with Gasteiger partial charge in [0, 0.05) is 38.6 Å². The Morgan fingerprint density at radius 1 is 1.10 bits per heavy atom. The highest BCUT2D eigenvalue weighted by Crippen LogP contribution is 2.31. The first-order chi connectivity index (χ1) is 14.1. The summed E-state index contributed by atoms with van der Waals surface area (Å²) < 4.78 is 5.74. The van der Waals surface area contributed by atoms with E-state index in [0.717, 1.165) is 18.0 Å². The van der Waals surface area contributed by atoms with Crippen molar-refractivity contribution in [1.29, 1.82) is 0 Å². The molecule has 1 amide bonds. The molecule has 0 aromatic carbocycles. The second-order valence-electron chi connectivity index (χ2n) is 9.29. The van der Waals surface area contributed by atoms with Gasteiger partial charge >= 0.3 is 0 Å². The fourth-order valence-electron chi connectivity index (χ4n) is 4.24. The lowest BCUT2D eigenvalue weighted by molar-refractivity contribution is -0.149. The predicted octanol–water partition coefficient (Wildman–Crippen LogP) is 2.36. The maximum Gasteiger partial charge on any atom is 0.248 e. The lowest BCUT2D eigenvalue weighted by Gasteiger charge is -2.38. The molecular weight excluding hydrogens is 366 g/mol. The summed E-state index contributed by atoms with van der Waals surface area (Å²) in [6.07, 6.45) is 8.97. The number of morpholine rings is 1. The molecule has 1 N–H and O–H groups in total. The number of nitrogens with one attached hydrogen (secondary N) is 1. The Kier molecular flexibility index (Phi) is 6.65. The second kappa shape index (κ2) is 9.39. The lowest BCUT2D eigenvalue weighted by atomic mass is 9.95. The Labute approximate surface area is 174 Å². The molecule has 3 heterocycles. The third-order valence-corrected chi connectivity index (χ3v) is 6.44. The van der Waals surface area contributed by atoms with Crippen LogP contribution in [-0.4, -0.2) is 77.7 Å². The van der Waals surface area contributed by atoms with Gasteiger partial charge in [0.1, 0.15) is 6.61 Å². The first kappa shape index (κ1) is 20.5. The molecule has 1 aromatic rings. The SMILES string of the molecule is CC(C)c1cnc(NCC2CN(CC3CCN(CC4CC4)CC3)C(=O)CO2)nc1. The summed E-state index contributed by atoms with van der Waals surface area (Å²) in [4.78, 5) is 25.7. The molecule has 0 bridgehead atoms. The highest BCUT2D eigenvalue weighted by molar-refractivity contribution is 5.78. The molecule has 1 saturated carbocycles. The number of ether oxygens (including phenoxy) is 1. The number of hydrogen-bond donors (Lipinski definition) is 1. The molecule has 0 spiro atoms. The fraction of sp³-hybridized carbons (Fsp3) is 0.773. The smallest absolute Gasteiger partial charge is 0.248 e. The maximum atomic E-state index is 12.4. The Balaban J connectivity index is 1.21. The number of nitrogens with zero attached hydrogens (tertiary/aromatic N) is 4. The van der Waals surface area contributed by atoms with Gasteiger partial charge in [-0.15, -0.1) is 0 Å². The van der Waals surface area contributed by atoms with Crippen molar-refractivity contribution in [2.45, 2.75) is 51.6 Å². The molecule has 0 radical (unpaired) electrons. The fourth-order valence-corrected chi connectivity index (χ4v) is 4.24. The molecule has 7 nitrogen and oxygen atoms in total. The Bertz CT molecular complexity index is 668. The van der Waals surface area contributed by atoms with Crippen LogP contribution < -0.4 is 5.32 Å². The van der Waals surface area contributed by atoms with Crippen molar-refractivity contribution >= 4 is 11.9 Å². The van der Waals surface area contributed by atoms with Crippen molar-refractivity contribution in [3.63, 3.8) is 0 Å². The first-order valence-electron chi connectivity index (χ1n) is 11.2. The first-order valence-corrected chi connectivity index (χ1v) is 11.2. The standard InChI is InChI=1S/C22H35N5O2/c1-16(2)19-9-23-22(24-10-19)25-11-20-14-27(21(28)15-29-20)13-18-5-7-26(8-6-18)12-17-3-4-17/h9-10,16-18,20H,3-8,11-15H2,1-2H3,(H,23,24,25). The van der Waals surface area contributed by atoms with Gasteiger partial charge in [-0.25, -0.2) is 9.97 Å². The zero-order chi connectivity index (χ0) is 20.2. The Morgan fingerprint density at radius 2 is 1.79 bits per heavy atom. The van der Waals surface area contributed by atoms with Crippen LogP contribution in [0, 0.1) is 11.8 Å². The van der Waals surface area contributed by atoms with Gasteiger partial charge in [-0.2, -0.15) is 0 Å². The summed E-state index contributed by atoms with van der Waals surface area (Å²) in [6, 6.07) is 0. The maximum absolute atomic E-state index is 12.4. The van der Waals surface area contributed by atoms with Crippen molar-refractivity contribution in [1.82, 2.24) is 19.8 Å². The summed E-state index contributed by atoms with van der Waals surface area (Å²) in [5.74, 6) is 2.74. The van der Waals surface area contributed by atoms with Gasteiger partial charge in [0.05, 0.1) is 6.10 Å². The van der Waals surface area contributed by atoms with Crippen LogP contribution in [0.3, 0.4) is 0 Å². The van der Waals surface area contributed by atoms with Gasteiger partial charge < -0.3 is 19.9 Å². The van der Waals surface area contributed by atoms with Gasteiger partial charge in [-0.3, -0.25) is 4.79 Å². The van der Waals surface area contributed by atoms with E-state index in [1.165, 1.54) is 45.3 Å². The van der Waals surface area contributed by atoms with Crippen molar-refractivity contribution in [3.8, 4) is 0 Å². The van der Waals surface area contributed by atoms with Gasteiger partial charge in [0.2, 0.25) is 11.9 Å². The number of rotatable bonds is 8. The number of carbonyl (C=O) groups is 1. The molecule has 160 valence electrons. The molecule has 1 atom stereocenters. The number of likely N-dealkylation sites (tertiary alicyclic amines) is 1. The number of hydrogen-bond acceptors (Lipinski definition) is 6. The van der Waals surface area contributed by atoms with E-state index in [1.54, 1.807) is 0 Å². The van der Waals surface area contributed by atoms with Crippen LogP contribution in [-0.2, 0) is 9.53 Å². The van der Waals surface area contributed by atoms with E-state index < -0.39 is 0 Å². The number of carbonyl (C=O) groups excluding carboxylic acids is 1. The number of aromatic nitrogens is 2. The average Bonchev–Trinajstić information content (AvgIpc) is 3.54. The largest absolute Gasteiger partial charge is 0.365 e. The molecular formula is C22H35N5O2. The molecule has 2 aliphatic heterocycles. The van der Waals surface area contributed by atoms with Crippen molar-refractivity contribution in [2.24, 2.45) is 11.8 Å². The van der Waals surface area contributed by atoms with Crippen LogP contribution in [0.1, 0.15) is 51.0 Å². The van der Waals surface area contributed by atoms with Crippen LogP contribution in [0.25, 0.3) is 0 Å². The molecule has 29 heavy (non-hydrogen) atoms. The van der Waals surface area contributed by atoms with Crippen LogP contribution in [0.5, 0.6) is 0 Å². The number of piperidine rings is 1. The lowest BCUT2D eigenvalue weighted by Crippen LogP contribution is -2.51. The third kappa shape index (κ3) is 5.89. The van der Waals surface area contributed by atoms with Crippen LogP contribution in [0.4, 0.5) is 5.95 Å². The second-order valence-corrected chi connectivity index (χ2v) is 9.29. The van der Waals surface area contributed by atoms with Crippen molar-refractivity contribution in [3.05, 3.63) is 18.0 Å². The van der Waals surface area contributed by atoms with E-state index in [0.29, 0.717) is 30.9 Å². The normalized spacial score (nSPS) is 24.3. The van der Waals surface area contributed by atoms with Gasteiger partial charge in [0.25, 0.3) is 0 Å². The number of amides is 1. The Hall–Kier alpha value is -1.73. The Morgan fingerprint density at radius 3 is 2.45 bits per heavy atom. The van der Waals surface area contributed by atoms with Gasteiger partial charge in [0.15, 0.2) is 0 Å². The molecule has 1 unspecified atom stereocenters. The molecule has 4 rings (SSSR count). The molecule has 2 saturated heterocycles. The topological polar surface area (TPSA) is 70.6 Å². The van der Waals surface area contributed by atoms with Crippen LogP contribution in [0.15, 0.2) is 12.4 Å². The van der Waals surface area contributed by atoms with E-state index in [-0.39, 0.29) is 18.6 Å². The minimum absolute atomic E-state index is 0.0176. The van der Waals surface area contributed by atoms with E-state index in [2.05, 4.69) is 34.0 Å². The molecule has 7 heteroatoms. The van der Waals surface area contributed by atoms with Crippen molar-refractivity contribution in [2.75, 3.05) is 51.2 Å². The summed E-state index contributed by atoms with van der Waals surface area (Å²) in [7, 11) is 0. The van der Waals surface area contributed by atoms with Gasteiger partial charge in [-0.1, -0.05) is 13.8 Å². The van der Waals surface area contributed by atoms with Crippen LogP contribution >= 0.6 is 0 Å². The molecule has 3 fully saturated rings. The monoisotopic (exact) mass is 401 g/mol. The average molecular weight is 402 g/mol. The van der Waals surface area contributed by atoms with E-state index >= 15 is 0 Å². The summed E-state index contributed by atoms with van der Waals surface area (Å²) >= 11 is 0. The predicted molar refractivity (Wildman–Crippen MR) is 113 cm³/mol. The quantitative estimate of drug-likeness (QED) is 0.721. The molecule has 3 aliphatic rings.